The maximum Gasteiger partial charge on any atom is 0.0576 e. The summed E-state index contributed by atoms with van der Waals surface area (Å²) in [7, 11) is -0.784. The van der Waals surface area contributed by atoms with Crippen LogP contribution in [0.1, 0.15) is 12.5 Å². The molecule has 84 valence electrons. The van der Waals surface area contributed by atoms with Gasteiger partial charge in [0.15, 0.2) is 0 Å². The molecule has 1 aromatic carbocycles. The summed E-state index contributed by atoms with van der Waals surface area (Å²) in [6, 6.07) is 6.06. The molecule has 2 atom stereocenters. The van der Waals surface area contributed by atoms with Crippen molar-refractivity contribution in [3.63, 3.8) is 0 Å². The number of rotatable bonds is 4. The first-order valence-electron chi connectivity index (χ1n) is 4.91. The van der Waals surface area contributed by atoms with Crippen LogP contribution in [0.3, 0.4) is 0 Å². The highest BCUT2D eigenvalue weighted by molar-refractivity contribution is 7.84. The summed E-state index contributed by atoms with van der Waals surface area (Å²) < 4.78 is 11.0. The molecular weight excluding hydrogens is 208 g/mol. The monoisotopic (exact) mass is 226 g/mol. The van der Waals surface area contributed by atoms with E-state index >= 15 is 0 Å². The van der Waals surface area contributed by atoms with Crippen LogP contribution in [0.25, 0.3) is 0 Å². The summed E-state index contributed by atoms with van der Waals surface area (Å²) in [4.78, 5) is 0. The van der Waals surface area contributed by atoms with Gasteiger partial charge < -0.3 is 11.1 Å². The van der Waals surface area contributed by atoms with E-state index in [2.05, 4.69) is 5.32 Å². The van der Waals surface area contributed by atoms with Crippen molar-refractivity contribution in [2.24, 2.45) is 0 Å². The Morgan fingerprint density at radius 3 is 2.73 bits per heavy atom. The topological polar surface area (TPSA) is 55.1 Å². The Balaban J connectivity index is 2.68. The molecular formula is C11H18N2OS. The minimum absolute atomic E-state index is 0.167. The van der Waals surface area contributed by atoms with Crippen molar-refractivity contribution in [2.45, 2.75) is 19.9 Å². The molecule has 0 saturated carbocycles. The third-order valence-electron chi connectivity index (χ3n) is 2.09. The smallest absolute Gasteiger partial charge is 0.0576 e. The molecule has 0 spiro atoms. The highest BCUT2D eigenvalue weighted by atomic mass is 32.2. The summed E-state index contributed by atoms with van der Waals surface area (Å²) in [6.07, 6.45) is 1.71. The first-order chi connectivity index (χ1) is 6.99. The number of hydrogen-bond donors (Lipinski definition) is 2. The van der Waals surface area contributed by atoms with Gasteiger partial charge in [-0.15, -0.1) is 0 Å². The van der Waals surface area contributed by atoms with Crippen LogP contribution in [0.2, 0.25) is 0 Å². The number of nitrogens with two attached hydrogens (primary N) is 1. The summed E-state index contributed by atoms with van der Waals surface area (Å²) >= 11 is 0. The molecule has 0 aliphatic rings. The Morgan fingerprint density at radius 2 is 2.20 bits per heavy atom. The zero-order chi connectivity index (χ0) is 11.4. The second-order valence-corrected chi connectivity index (χ2v) is 5.36. The molecule has 0 fully saturated rings. The normalized spacial score (nSPS) is 14.6. The van der Waals surface area contributed by atoms with E-state index in [9.17, 15) is 4.21 Å². The third-order valence-corrected chi connectivity index (χ3v) is 3.06. The van der Waals surface area contributed by atoms with E-state index in [4.69, 9.17) is 5.73 Å². The third kappa shape index (κ3) is 3.91. The number of anilines is 2. The minimum Gasteiger partial charge on any atom is -0.397 e. The van der Waals surface area contributed by atoms with E-state index in [1.807, 2.05) is 32.0 Å². The summed E-state index contributed by atoms with van der Waals surface area (Å²) in [5, 5.41) is 3.25. The van der Waals surface area contributed by atoms with Crippen LogP contribution in [0, 0.1) is 6.92 Å². The van der Waals surface area contributed by atoms with Crippen LogP contribution in [0.4, 0.5) is 11.4 Å². The summed E-state index contributed by atoms with van der Waals surface area (Å²) in [6.45, 7) is 4.01. The zero-order valence-corrected chi connectivity index (χ0v) is 10.2. The second-order valence-electron chi connectivity index (χ2n) is 3.88. The lowest BCUT2D eigenvalue weighted by atomic mass is 10.2. The molecule has 0 aromatic heterocycles. The van der Waals surface area contributed by atoms with E-state index in [1.165, 1.54) is 0 Å². The molecule has 0 aliphatic heterocycles. The van der Waals surface area contributed by atoms with Crippen LogP contribution in [0.5, 0.6) is 0 Å². The Morgan fingerprint density at radius 1 is 1.53 bits per heavy atom. The van der Waals surface area contributed by atoms with E-state index in [1.54, 1.807) is 6.26 Å². The maximum absolute atomic E-state index is 11.0. The molecule has 0 aliphatic carbocycles. The average molecular weight is 226 g/mol. The Labute approximate surface area is 93.5 Å². The zero-order valence-electron chi connectivity index (χ0n) is 9.41. The van der Waals surface area contributed by atoms with Gasteiger partial charge in [-0.05, 0) is 31.5 Å². The van der Waals surface area contributed by atoms with Crippen molar-refractivity contribution in [1.82, 2.24) is 0 Å². The largest absolute Gasteiger partial charge is 0.397 e. The lowest BCUT2D eigenvalue weighted by molar-refractivity contribution is 0.683. The summed E-state index contributed by atoms with van der Waals surface area (Å²) in [5.74, 6) is 0.632. The van der Waals surface area contributed by atoms with Gasteiger partial charge in [0.1, 0.15) is 0 Å². The number of nitrogen functional groups attached to an aromatic ring is 1. The van der Waals surface area contributed by atoms with Gasteiger partial charge in [0.2, 0.25) is 0 Å². The van der Waals surface area contributed by atoms with Crippen molar-refractivity contribution < 1.29 is 4.21 Å². The van der Waals surface area contributed by atoms with Crippen molar-refractivity contribution in [3.8, 4) is 0 Å². The number of benzene rings is 1. The van der Waals surface area contributed by atoms with Gasteiger partial charge in [-0.25, -0.2) is 0 Å². The molecule has 2 unspecified atom stereocenters. The quantitative estimate of drug-likeness (QED) is 0.769. The number of aryl methyl sites for hydroxylation is 1. The molecule has 15 heavy (non-hydrogen) atoms. The predicted molar refractivity (Wildman–Crippen MR) is 67.6 cm³/mol. The molecule has 1 rings (SSSR count). The lowest BCUT2D eigenvalue weighted by Gasteiger charge is -2.15. The lowest BCUT2D eigenvalue weighted by Crippen LogP contribution is -2.22. The Hall–Kier alpha value is -1.03. The molecule has 0 saturated heterocycles. The number of hydrogen-bond acceptors (Lipinski definition) is 3. The van der Waals surface area contributed by atoms with Crippen LogP contribution in [-0.2, 0) is 10.8 Å². The van der Waals surface area contributed by atoms with Gasteiger partial charge in [-0.2, -0.15) is 0 Å². The molecule has 0 heterocycles. The van der Waals surface area contributed by atoms with Crippen molar-refractivity contribution in [1.29, 1.82) is 0 Å². The van der Waals surface area contributed by atoms with E-state index in [-0.39, 0.29) is 6.04 Å². The van der Waals surface area contributed by atoms with Crippen molar-refractivity contribution in [2.75, 3.05) is 23.1 Å². The van der Waals surface area contributed by atoms with Gasteiger partial charge in [0, 0.05) is 28.9 Å². The molecule has 1 aromatic rings. The van der Waals surface area contributed by atoms with Gasteiger partial charge in [0.05, 0.1) is 11.4 Å². The van der Waals surface area contributed by atoms with E-state index in [0.717, 1.165) is 16.9 Å². The van der Waals surface area contributed by atoms with E-state index < -0.39 is 10.8 Å². The number of nitrogens with one attached hydrogen (secondary N) is 1. The maximum atomic E-state index is 11.0. The predicted octanol–water partition coefficient (Wildman–Crippen LogP) is 1.76. The van der Waals surface area contributed by atoms with Crippen molar-refractivity contribution >= 4 is 22.2 Å². The first kappa shape index (κ1) is 12.0. The molecule has 0 bridgehead atoms. The minimum atomic E-state index is -0.784. The molecule has 3 nitrogen and oxygen atoms in total. The fourth-order valence-electron chi connectivity index (χ4n) is 1.47. The van der Waals surface area contributed by atoms with Crippen LogP contribution >= 0.6 is 0 Å². The molecule has 3 N–H and O–H groups in total. The van der Waals surface area contributed by atoms with Gasteiger partial charge in [0.25, 0.3) is 0 Å². The highest BCUT2D eigenvalue weighted by Crippen LogP contribution is 2.20. The van der Waals surface area contributed by atoms with E-state index in [0.29, 0.717) is 5.75 Å². The SMILES string of the molecule is Cc1ccc(NC(C)CS(C)=O)c(N)c1. The fourth-order valence-corrected chi connectivity index (χ4v) is 2.26. The van der Waals surface area contributed by atoms with Gasteiger partial charge >= 0.3 is 0 Å². The van der Waals surface area contributed by atoms with Crippen LogP contribution in [-0.4, -0.2) is 22.3 Å². The average Bonchev–Trinajstić information content (AvgIpc) is 2.08. The van der Waals surface area contributed by atoms with Crippen LogP contribution < -0.4 is 11.1 Å². The molecule has 0 radical (unpaired) electrons. The summed E-state index contributed by atoms with van der Waals surface area (Å²) in [5.41, 5.74) is 8.66. The first-order valence-corrected chi connectivity index (χ1v) is 6.64. The Kier molecular flexibility index (Phi) is 4.15. The second kappa shape index (κ2) is 5.16. The van der Waals surface area contributed by atoms with Crippen molar-refractivity contribution in [3.05, 3.63) is 23.8 Å². The standard InChI is InChI=1S/C11H18N2OS/c1-8-4-5-11(10(12)6-8)13-9(2)7-15(3)14/h4-6,9,13H,7,12H2,1-3H3. The molecule has 0 amide bonds. The molecule has 4 heteroatoms. The van der Waals surface area contributed by atoms with Gasteiger partial charge in [-0.1, -0.05) is 6.07 Å². The Bertz CT molecular complexity index is 366. The highest BCUT2D eigenvalue weighted by Gasteiger charge is 2.06. The fraction of sp³-hybridized carbons (Fsp3) is 0.455. The van der Waals surface area contributed by atoms with Gasteiger partial charge in [-0.3, -0.25) is 4.21 Å². The van der Waals surface area contributed by atoms with Crippen LogP contribution in [0.15, 0.2) is 18.2 Å².